The first-order chi connectivity index (χ1) is 9.36. The van der Waals surface area contributed by atoms with E-state index in [-0.39, 0.29) is 25.1 Å². The monoisotopic (exact) mass is 294 g/mol. The van der Waals surface area contributed by atoms with Gasteiger partial charge >= 0.3 is 0 Å². The topological polar surface area (TPSA) is 83.6 Å². The van der Waals surface area contributed by atoms with Crippen molar-refractivity contribution in [3.8, 4) is 11.8 Å². The number of carbonyl (C=O) groups is 2. The minimum absolute atomic E-state index is 0.106. The molecule has 0 aliphatic rings. The van der Waals surface area contributed by atoms with E-state index < -0.39 is 5.91 Å². The molecule has 1 heterocycles. The predicted molar refractivity (Wildman–Crippen MR) is 78.4 cm³/mol. The molecule has 1 aromatic rings. The van der Waals surface area contributed by atoms with Crippen LogP contribution in [0.25, 0.3) is 0 Å². The van der Waals surface area contributed by atoms with Gasteiger partial charge in [0.05, 0.1) is 16.3 Å². The van der Waals surface area contributed by atoms with Gasteiger partial charge in [-0.1, -0.05) is 11.8 Å². The summed E-state index contributed by atoms with van der Waals surface area (Å²) >= 11 is 1.25. The second kappa shape index (κ2) is 7.08. The molecule has 0 saturated carbocycles. The zero-order valence-electron chi connectivity index (χ0n) is 11.8. The number of aliphatic hydroxyl groups excluding tert-OH is 1. The van der Waals surface area contributed by atoms with Crippen LogP contribution in [0.15, 0.2) is 6.07 Å². The summed E-state index contributed by atoms with van der Waals surface area (Å²) in [6.07, 6.45) is 0. The minimum atomic E-state index is -0.541. The van der Waals surface area contributed by atoms with Crippen LogP contribution in [0.3, 0.4) is 0 Å². The molecule has 0 atom stereocenters. The van der Waals surface area contributed by atoms with Crippen LogP contribution < -0.4 is 5.73 Å². The Hall–Kier alpha value is -1.84. The summed E-state index contributed by atoms with van der Waals surface area (Å²) in [5.74, 6) is 4.59. The Morgan fingerprint density at radius 3 is 2.65 bits per heavy atom. The number of thiophene rings is 1. The van der Waals surface area contributed by atoms with Crippen LogP contribution >= 0.6 is 11.3 Å². The fraction of sp³-hybridized carbons (Fsp3) is 0.429. The van der Waals surface area contributed by atoms with Crippen LogP contribution in [0, 0.1) is 18.8 Å². The van der Waals surface area contributed by atoms with Gasteiger partial charge < -0.3 is 15.7 Å². The van der Waals surface area contributed by atoms with Crippen molar-refractivity contribution in [2.24, 2.45) is 5.73 Å². The Morgan fingerprint density at radius 2 is 2.15 bits per heavy atom. The molecule has 1 aromatic heterocycles. The van der Waals surface area contributed by atoms with Crippen molar-refractivity contribution in [1.82, 2.24) is 4.90 Å². The highest BCUT2D eigenvalue weighted by atomic mass is 32.1. The van der Waals surface area contributed by atoms with Crippen molar-refractivity contribution in [3.05, 3.63) is 21.4 Å². The SMILES string of the molecule is Cc1cc(C(=O)N(CC(N)=O)C(C)C)sc1C#CCO. The molecule has 0 aromatic carbocycles. The van der Waals surface area contributed by atoms with Crippen molar-refractivity contribution in [1.29, 1.82) is 0 Å². The van der Waals surface area contributed by atoms with Gasteiger partial charge in [0.25, 0.3) is 5.91 Å². The van der Waals surface area contributed by atoms with E-state index in [2.05, 4.69) is 11.8 Å². The molecule has 2 amide bonds. The fourth-order valence-corrected chi connectivity index (χ4v) is 2.63. The van der Waals surface area contributed by atoms with Crippen molar-refractivity contribution < 1.29 is 14.7 Å². The second-order valence-electron chi connectivity index (χ2n) is 4.58. The lowest BCUT2D eigenvalue weighted by atomic mass is 10.2. The number of primary amides is 1. The Morgan fingerprint density at radius 1 is 1.50 bits per heavy atom. The number of aliphatic hydroxyl groups is 1. The van der Waals surface area contributed by atoms with E-state index in [4.69, 9.17) is 10.8 Å². The molecule has 108 valence electrons. The number of carbonyl (C=O) groups excluding carboxylic acids is 2. The van der Waals surface area contributed by atoms with Crippen LogP contribution in [0.5, 0.6) is 0 Å². The normalized spacial score (nSPS) is 10.1. The highest BCUT2D eigenvalue weighted by Crippen LogP contribution is 2.23. The highest BCUT2D eigenvalue weighted by molar-refractivity contribution is 7.14. The minimum Gasteiger partial charge on any atom is -0.384 e. The summed E-state index contributed by atoms with van der Waals surface area (Å²) in [7, 11) is 0. The van der Waals surface area contributed by atoms with Crippen molar-refractivity contribution in [3.63, 3.8) is 0 Å². The molecule has 0 bridgehead atoms. The summed E-state index contributed by atoms with van der Waals surface area (Å²) in [6.45, 7) is 5.18. The number of hydrogen-bond acceptors (Lipinski definition) is 4. The molecule has 0 aliphatic carbocycles. The molecular weight excluding hydrogens is 276 g/mol. The largest absolute Gasteiger partial charge is 0.384 e. The molecular formula is C14H18N2O3S. The second-order valence-corrected chi connectivity index (χ2v) is 5.63. The Labute approximate surface area is 122 Å². The number of nitrogens with zero attached hydrogens (tertiary/aromatic N) is 1. The van der Waals surface area contributed by atoms with Gasteiger partial charge in [0.1, 0.15) is 6.61 Å². The quantitative estimate of drug-likeness (QED) is 0.803. The standard InChI is InChI=1S/C14H18N2O3S/c1-9(2)16(8-13(15)18)14(19)12-7-10(3)11(20-12)5-4-6-17/h7,9,17H,6,8H2,1-3H3,(H2,15,18). The van der Waals surface area contributed by atoms with Gasteiger partial charge in [0.2, 0.25) is 5.91 Å². The third kappa shape index (κ3) is 4.08. The van der Waals surface area contributed by atoms with Gasteiger partial charge in [-0.3, -0.25) is 9.59 Å². The van der Waals surface area contributed by atoms with Crippen LogP contribution in [-0.2, 0) is 4.79 Å². The summed E-state index contributed by atoms with van der Waals surface area (Å²) in [5, 5.41) is 8.70. The lowest BCUT2D eigenvalue weighted by molar-refractivity contribution is -0.119. The van der Waals surface area contributed by atoms with Crippen LogP contribution in [0.2, 0.25) is 0 Å². The van der Waals surface area contributed by atoms with Gasteiger partial charge in [-0.05, 0) is 32.4 Å². The average Bonchev–Trinajstić information content (AvgIpc) is 2.73. The molecule has 0 spiro atoms. The zero-order chi connectivity index (χ0) is 15.3. The number of aryl methyl sites for hydroxylation is 1. The van der Waals surface area contributed by atoms with Crippen molar-refractivity contribution in [2.75, 3.05) is 13.2 Å². The van der Waals surface area contributed by atoms with Crippen LogP contribution in [-0.4, -0.2) is 41.0 Å². The molecule has 0 fully saturated rings. The maximum Gasteiger partial charge on any atom is 0.264 e. The van der Waals surface area contributed by atoms with Gasteiger partial charge in [0, 0.05) is 6.04 Å². The molecule has 20 heavy (non-hydrogen) atoms. The molecule has 0 radical (unpaired) electrons. The molecule has 5 nitrogen and oxygen atoms in total. The third-order valence-electron chi connectivity index (χ3n) is 2.62. The van der Waals surface area contributed by atoms with Gasteiger partial charge in [-0.2, -0.15) is 0 Å². The molecule has 6 heteroatoms. The van der Waals surface area contributed by atoms with E-state index >= 15 is 0 Å². The van der Waals surface area contributed by atoms with Crippen LogP contribution in [0.4, 0.5) is 0 Å². The Kier molecular flexibility index (Phi) is 5.74. The first-order valence-electron chi connectivity index (χ1n) is 6.16. The first-order valence-corrected chi connectivity index (χ1v) is 6.98. The Bertz CT molecular complexity index is 567. The van der Waals surface area contributed by atoms with Gasteiger partial charge in [-0.15, -0.1) is 11.3 Å². The zero-order valence-corrected chi connectivity index (χ0v) is 12.6. The van der Waals surface area contributed by atoms with E-state index in [1.54, 1.807) is 6.07 Å². The van der Waals surface area contributed by atoms with E-state index in [0.29, 0.717) is 4.88 Å². The predicted octanol–water partition coefficient (Wildman–Crippen LogP) is 0.736. The number of rotatable bonds is 4. The van der Waals surface area contributed by atoms with Crippen molar-refractivity contribution in [2.45, 2.75) is 26.8 Å². The van der Waals surface area contributed by atoms with Crippen LogP contribution in [0.1, 0.15) is 34.0 Å². The maximum atomic E-state index is 12.4. The van der Waals surface area contributed by atoms with Gasteiger partial charge in [-0.25, -0.2) is 0 Å². The van der Waals surface area contributed by atoms with Gasteiger partial charge in [0.15, 0.2) is 0 Å². The fourth-order valence-electron chi connectivity index (χ4n) is 1.63. The highest BCUT2D eigenvalue weighted by Gasteiger charge is 2.22. The molecule has 0 aliphatic heterocycles. The molecule has 0 unspecified atom stereocenters. The number of nitrogens with two attached hydrogens (primary N) is 1. The smallest absolute Gasteiger partial charge is 0.264 e. The number of amides is 2. The number of hydrogen-bond donors (Lipinski definition) is 2. The van der Waals surface area contributed by atoms with E-state index in [1.165, 1.54) is 16.2 Å². The van der Waals surface area contributed by atoms with E-state index in [0.717, 1.165) is 10.4 Å². The average molecular weight is 294 g/mol. The molecule has 1 rings (SSSR count). The summed E-state index contributed by atoms with van der Waals surface area (Å²) in [6, 6.07) is 1.62. The Balaban J connectivity index is 3.03. The summed E-state index contributed by atoms with van der Waals surface area (Å²) in [5.41, 5.74) is 6.05. The molecule has 3 N–H and O–H groups in total. The molecule has 0 saturated heterocycles. The van der Waals surface area contributed by atoms with E-state index in [9.17, 15) is 9.59 Å². The van der Waals surface area contributed by atoms with Crippen molar-refractivity contribution >= 4 is 23.2 Å². The first kappa shape index (κ1) is 16.2. The lowest BCUT2D eigenvalue weighted by Crippen LogP contribution is -2.42. The lowest BCUT2D eigenvalue weighted by Gasteiger charge is -2.24. The maximum absolute atomic E-state index is 12.4. The van der Waals surface area contributed by atoms with E-state index in [1.807, 2.05) is 20.8 Å². The third-order valence-corrected chi connectivity index (χ3v) is 3.76. The summed E-state index contributed by atoms with van der Waals surface area (Å²) in [4.78, 5) is 26.1. The summed E-state index contributed by atoms with van der Waals surface area (Å²) < 4.78 is 0.